The Morgan fingerprint density at radius 3 is 1.97 bits per heavy atom. The van der Waals surface area contributed by atoms with Crippen LogP contribution in [0.4, 0.5) is 0 Å². The number of sulfone groups is 1. The molecule has 34 heavy (non-hydrogen) atoms. The molecule has 1 amide bonds. The third-order valence-electron chi connectivity index (χ3n) is 5.35. The predicted octanol–water partition coefficient (Wildman–Crippen LogP) is 5.92. The molecule has 0 bridgehead atoms. The number of hydrogen-bond acceptors (Lipinski definition) is 5. The lowest BCUT2D eigenvalue weighted by Gasteiger charge is -2.36. The smallest absolute Gasteiger partial charge is 0.258 e. The minimum atomic E-state index is -3.63. The van der Waals surface area contributed by atoms with Crippen LogP contribution in [0.2, 0.25) is 0 Å². The summed E-state index contributed by atoms with van der Waals surface area (Å²) in [6.07, 6.45) is 2.36. The number of benzene rings is 2. The van der Waals surface area contributed by atoms with E-state index in [-0.39, 0.29) is 16.6 Å². The van der Waals surface area contributed by atoms with Crippen molar-refractivity contribution in [2.45, 2.75) is 59.2 Å². The molecular weight excluding hydrogens is 446 g/mol. The maximum atomic E-state index is 13.5. The van der Waals surface area contributed by atoms with Crippen molar-refractivity contribution in [1.29, 1.82) is 0 Å². The zero-order valence-corrected chi connectivity index (χ0v) is 22.6. The molecule has 0 aliphatic carbocycles. The second kappa shape index (κ2) is 12.4. The van der Waals surface area contributed by atoms with Crippen LogP contribution in [0.5, 0.6) is 0 Å². The van der Waals surface area contributed by atoms with Crippen LogP contribution < -0.4 is 0 Å². The van der Waals surface area contributed by atoms with Crippen molar-refractivity contribution in [1.82, 2.24) is 14.9 Å². The normalized spacial score (nSPS) is 10.9. The van der Waals surface area contributed by atoms with E-state index in [2.05, 4.69) is 9.97 Å². The van der Waals surface area contributed by atoms with Crippen LogP contribution in [0.1, 0.15) is 63.0 Å². The molecule has 0 fully saturated rings. The van der Waals surface area contributed by atoms with E-state index < -0.39 is 15.4 Å². The highest BCUT2D eigenvalue weighted by molar-refractivity contribution is 7.90. The van der Waals surface area contributed by atoms with Gasteiger partial charge in [-0.2, -0.15) is 0 Å². The molecule has 0 saturated carbocycles. The van der Waals surface area contributed by atoms with Crippen LogP contribution in [-0.4, -0.2) is 42.5 Å². The first-order valence-electron chi connectivity index (χ1n) is 11.5. The molecule has 0 saturated heterocycles. The maximum Gasteiger partial charge on any atom is 0.258 e. The van der Waals surface area contributed by atoms with Gasteiger partial charge in [-0.25, -0.2) is 18.4 Å². The Labute approximate surface area is 205 Å². The number of carbonyl (C=O) groups excluding carboxylic acids is 1. The van der Waals surface area contributed by atoms with Gasteiger partial charge >= 0.3 is 0 Å². The van der Waals surface area contributed by atoms with Gasteiger partial charge in [-0.3, -0.25) is 4.79 Å². The van der Waals surface area contributed by atoms with Crippen LogP contribution in [0.15, 0.2) is 66.0 Å². The van der Waals surface area contributed by atoms with E-state index >= 15 is 0 Å². The first-order chi connectivity index (χ1) is 16.0. The SMILES string of the molecule is CC.CC.Cc1ccccc1-c1nc(S(C)(=O)=O)ncc1C(=O)N(C)C(C)(C)c1ccccc1. The van der Waals surface area contributed by atoms with Crippen molar-refractivity contribution in [3.63, 3.8) is 0 Å². The Balaban J connectivity index is 0.00000137. The third-order valence-corrected chi connectivity index (χ3v) is 6.21. The van der Waals surface area contributed by atoms with E-state index in [9.17, 15) is 13.2 Å². The second-order valence-electron chi connectivity index (χ2n) is 7.79. The Morgan fingerprint density at radius 2 is 1.44 bits per heavy atom. The van der Waals surface area contributed by atoms with E-state index in [4.69, 9.17) is 0 Å². The second-order valence-corrected chi connectivity index (χ2v) is 9.70. The van der Waals surface area contributed by atoms with E-state index in [1.165, 1.54) is 6.20 Å². The number of aryl methyl sites for hydroxylation is 1. The molecule has 0 N–H and O–H groups in total. The largest absolute Gasteiger partial charge is 0.332 e. The number of nitrogens with zero attached hydrogens (tertiary/aromatic N) is 3. The van der Waals surface area contributed by atoms with Gasteiger partial charge in [0.15, 0.2) is 0 Å². The quantitative estimate of drug-likeness (QED) is 0.421. The summed E-state index contributed by atoms with van der Waals surface area (Å²) in [5.41, 5.74) is 2.52. The summed E-state index contributed by atoms with van der Waals surface area (Å²) in [6.45, 7) is 13.8. The number of aromatic nitrogens is 2. The minimum absolute atomic E-state index is 0.253. The van der Waals surface area contributed by atoms with Crippen LogP contribution in [0.25, 0.3) is 11.3 Å². The van der Waals surface area contributed by atoms with Gasteiger partial charge in [-0.15, -0.1) is 0 Å². The van der Waals surface area contributed by atoms with Crippen LogP contribution in [-0.2, 0) is 15.4 Å². The van der Waals surface area contributed by atoms with E-state index in [0.717, 1.165) is 17.4 Å². The summed E-state index contributed by atoms with van der Waals surface area (Å²) in [5.74, 6) is -0.290. The molecule has 0 unspecified atom stereocenters. The molecule has 3 aromatic rings. The Bertz CT molecular complexity index is 1190. The molecule has 0 spiro atoms. The zero-order chi connectivity index (χ0) is 26.1. The van der Waals surface area contributed by atoms with Gasteiger partial charge in [-0.1, -0.05) is 82.3 Å². The first kappa shape index (κ1) is 29.0. The third kappa shape index (κ3) is 6.50. The minimum Gasteiger partial charge on any atom is -0.332 e. The van der Waals surface area contributed by atoms with Crippen molar-refractivity contribution in [2.24, 2.45) is 0 Å². The molecule has 0 aliphatic heterocycles. The van der Waals surface area contributed by atoms with Crippen molar-refractivity contribution in [3.8, 4) is 11.3 Å². The number of amides is 1. The standard InChI is InChI=1S/C23H25N3O3S.2C2H6/c1-16-11-9-10-14-18(16)20-19(15-24-22(25-20)30(5,28)29)21(27)26(4)23(2,3)17-12-7-6-8-13-17;2*1-2/h6-15H,1-5H3;2*1-2H3. The Morgan fingerprint density at radius 1 is 0.912 bits per heavy atom. The maximum absolute atomic E-state index is 13.5. The molecule has 1 aromatic heterocycles. The van der Waals surface area contributed by atoms with Gasteiger partial charge in [0.05, 0.1) is 16.8 Å². The van der Waals surface area contributed by atoms with Crippen LogP contribution in [0.3, 0.4) is 0 Å². The van der Waals surface area contributed by atoms with E-state index in [1.54, 1.807) is 11.9 Å². The van der Waals surface area contributed by atoms with Gasteiger partial charge in [0.25, 0.3) is 5.91 Å². The van der Waals surface area contributed by atoms with E-state index in [0.29, 0.717) is 11.3 Å². The fourth-order valence-electron chi connectivity index (χ4n) is 3.22. The molecule has 184 valence electrons. The van der Waals surface area contributed by atoms with Crippen molar-refractivity contribution < 1.29 is 13.2 Å². The molecule has 0 radical (unpaired) electrons. The van der Waals surface area contributed by atoms with Crippen LogP contribution in [0, 0.1) is 6.92 Å². The molecule has 0 aliphatic rings. The molecule has 0 atom stereocenters. The first-order valence-corrected chi connectivity index (χ1v) is 13.4. The fraction of sp³-hybridized carbons (Fsp3) is 0.370. The summed E-state index contributed by atoms with van der Waals surface area (Å²) in [6, 6.07) is 17.1. The monoisotopic (exact) mass is 483 g/mol. The molecule has 6 nitrogen and oxygen atoms in total. The Kier molecular flexibility index (Phi) is 10.6. The summed E-state index contributed by atoms with van der Waals surface area (Å²) >= 11 is 0. The van der Waals surface area contributed by atoms with Gasteiger partial charge < -0.3 is 4.90 Å². The highest BCUT2D eigenvalue weighted by Crippen LogP contribution is 2.31. The molecule has 2 aromatic carbocycles. The average molecular weight is 484 g/mol. The van der Waals surface area contributed by atoms with Crippen molar-refractivity contribution in [3.05, 3.63) is 77.5 Å². The molecule has 3 rings (SSSR count). The van der Waals surface area contributed by atoms with Gasteiger partial charge in [0.2, 0.25) is 15.0 Å². The van der Waals surface area contributed by atoms with E-state index in [1.807, 2.05) is 103 Å². The summed E-state index contributed by atoms with van der Waals surface area (Å²) < 4.78 is 24.1. The highest BCUT2D eigenvalue weighted by Gasteiger charge is 2.32. The predicted molar refractivity (Wildman–Crippen MR) is 140 cm³/mol. The number of carbonyl (C=O) groups is 1. The van der Waals surface area contributed by atoms with Gasteiger partial charge in [-0.05, 0) is 31.9 Å². The summed E-state index contributed by atoms with van der Waals surface area (Å²) in [7, 11) is -1.90. The lowest BCUT2D eigenvalue weighted by Crippen LogP contribution is -2.43. The van der Waals surface area contributed by atoms with Gasteiger partial charge in [0, 0.05) is 25.1 Å². The van der Waals surface area contributed by atoms with Gasteiger partial charge in [0.1, 0.15) is 0 Å². The van der Waals surface area contributed by atoms with Crippen molar-refractivity contribution in [2.75, 3.05) is 13.3 Å². The lowest BCUT2D eigenvalue weighted by atomic mass is 9.91. The lowest BCUT2D eigenvalue weighted by molar-refractivity contribution is 0.0622. The Hall–Kier alpha value is -3.06. The summed E-state index contributed by atoms with van der Waals surface area (Å²) in [4.78, 5) is 23.4. The number of hydrogen-bond donors (Lipinski definition) is 0. The molecule has 7 heteroatoms. The topological polar surface area (TPSA) is 80.2 Å². The van der Waals surface area contributed by atoms with Crippen LogP contribution >= 0.6 is 0 Å². The fourth-order valence-corrected chi connectivity index (χ4v) is 3.72. The molecule has 1 heterocycles. The molecular formula is C27H37N3O3S. The average Bonchev–Trinajstić information content (AvgIpc) is 2.85. The zero-order valence-electron chi connectivity index (χ0n) is 21.7. The van der Waals surface area contributed by atoms with Crippen molar-refractivity contribution >= 4 is 15.7 Å². The summed E-state index contributed by atoms with van der Waals surface area (Å²) in [5, 5.41) is -0.303. The number of rotatable bonds is 5. The highest BCUT2D eigenvalue weighted by atomic mass is 32.2.